The number of nitrogens with zero attached hydrogens (tertiary/aromatic N) is 1. The van der Waals surface area contributed by atoms with E-state index in [4.69, 9.17) is 19.6 Å². The van der Waals surface area contributed by atoms with Gasteiger partial charge in [0.25, 0.3) is 17.7 Å². The molecule has 0 radical (unpaired) electrons. The number of hydrogen-bond acceptors (Lipinski definition) is 12. The van der Waals surface area contributed by atoms with Crippen LogP contribution in [0.2, 0.25) is 18.1 Å². The van der Waals surface area contributed by atoms with Crippen LogP contribution in [0.25, 0.3) is 10.9 Å². The minimum Gasteiger partial charge on any atom is -0.506 e. The SMILES string of the molecule is COc1cccc(Nc2c(C(N)=O)cnc3c(C)cc(S(=O)(=O)c4cccc(C(=O)Nc5ccc(C#CCCCNCC(O[Si](C)(C)C(C)(C)C)c6ccc(O)c7c6OCC(=O)N7)cc5C)c4)cc23)c1. The Kier molecular flexibility index (Phi) is 15.0. The summed E-state index contributed by atoms with van der Waals surface area (Å²) in [7, 11) is -4.92. The number of nitrogens with one attached hydrogen (secondary N) is 4. The van der Waals surface area contributed by atoms with Gasteiger partial charge in [-0.2, -0.15) is 0 Å². The number of carbonyl (C=O) groups excluding carboxylic acids is 3. The number of methoxy groups -OCH3 is 1. The number of primary amides is 1. The Balaban J connectivity index is 0.998. The zero-order chi connectivity index (χ0) is 50.5. The Labute approximate surface area is 409 Å². The normalized spacial score (nSPS) is 13.0. The Bertz CT molecular complexity index is 3200. The number of anilines is 4. The van der Waals surface area contributed by atoms with Gasteiger partial charge in [0, 0.05) is 58.7 Å². The number of aryl methyl sites for hydroxylation is 2. The molecule has 17 heteroatoms. The summed E-state index contributed by atoms with van der Waals surface area (Å²) >= 11 is 0. The molecule has 364 valence electrons. The quantitative estimate of drug-likeness (QED) is 0.0231. The lowest BCUT2D eigenvalue weighted by Gasteiger charge is -2.40. The van der Waals surface area contributed by atoms with Crippen molar-refractivity contribution in [1.29, 1.82) is 0 Å². The van der Waals surface area contributed by atoms with Crippen molar-refractivity contribution in [2.24, 2.45) is 5.73 Å². The Hall–Kier alpha value is -7.23. The van der Waals surface area contributed by atoms with Gasteiger partial charge in [0.15, 0.2) is 20.7 Å². The summed E-state index contributed by atoms with van der Waals surface area (Å²) in [5.41, 5.74) is 10.9. The number of benzene rings is 5. The van der Waals surface area contributed by atoms with Crippen LogP contribution in [0.3, 0.4) is 0 Å². The second-order valence-corrected chi connectivity index (χ2v) is 25.3. The van der Waals surface area contributed by atoms with Crippen LogP contribution in [0.1, 0.15) is 82.7 Å². The summed E-state index contributed by atoms with van der Waals surface area (Å²) < 4.78 is 46.6. The van der Waals surface area contributed by atoms with E-state index in [1.54, 1.807) is 55.5 Å². The summed E-state index contributed by atoms with van der Waals surface area (Å²) in [6.07, 6.45) is 2.35. The number of ether oxygens (including phenoxy) is 2. The third-order valence-electron chi connectivity index (χ3n) is 12.5. The minimum absolute atomic E-state index is 0.0584. The van der Waals surface area contributed by atoms with Crippen molar-refractivity contribution < 1.29 is 41.8 Å². The van der Waals surface area contributed by atoms with Crippen LogP contribution >= 0.6 is 0 Å². The highest BCUT2D eigenvalue weighted by atomic mass is 32.2. The molecule has 0 aliphatic carbocycles. The van der Waals surface area contributed by atoms with E-state index in [0.29, 0.717) is 58.9 Å². The van der Waals surface area contributed by atoms with Crippen LogP contribution in [0.15, 0.2) is 107 Å². The first-order valence-electron chi connectivity index (χ1n) is 22.7. The van der Waals surface area contributed by atoms with Crippen LogP contribution in [0.5, 0.6) is 17.2 Å². The van der Waals surface area contributed by atoms with Gasteiger partial charge in [-0.25, -0.2) is 8.42 Å². The smallest absolute Gasteiger partial charge is 0.262 e. The molecule has 1 aliphatic rings. The second-order valence-electron chi connectivity index (χ2n) is 18.6. The number of phenols is 1. The summed E-state index contributed by atoms with van der Waals surface area (Å²) in [5.74, 6) is 5.79. The highest BCUT2D eigenvalue weighted by Crippen LogP contribution is 2.46. The predicted molar refractivity (Wildman–Crippen MR) is 275 cm³/mol. The first kappa shape index (κ1) is 50.6. The molecule has 3 amide bonds. The first-order valence-corrected chi connectivity index (χ1v) is 27.1. The minimum atomic E-state index is -4.20. The van der Waals surface area contributed by atoms with Crippen LogP contribution in [0, 0.1) is 25.7 Å². The number of carbonyl (C=O) groups is 3. The van der Waals surface area contributed by atoms with Crippen LogP contribution in [-0.4, -0.2) is 71.4 Å². The third-order valence-corrected chi connectivity index (χ3v) is 18.7. The summed E-state index contributed by atoms with van der Waals surface area (Å²) in [6, 6.07) is 24.6. The Morgan fingerprint density at radius 2 is 1.76 bits per heavy atom. The average molecular weight is 983 g/mol. The number of phenolic OH excluding ortho intramolecular Hbond substituents is 1. The molecule has 5 aromatic carbocycles. The second kappa shape index (κ2) is 20.8. The number of aromatic nitrogens is 1. The number of amides is 3. The van der Waals surface area contributed by atoms with E-state index in [-0.39, 0.29) is 55.6 Å². The van der Waals surface area contributed by atoms with E-state index in [9.17, 15) is 27.9 Å². The van der Waals surface area contributed by atoms with Crippen molar-refractivity contribution >= 4 is 69.5 Å². The fraction of sp³-hybridized carbons (Fsp3) is 0.283. The molecule has 6 aromatic rings. The maximum absolute atomic E-state index is 14.3. The molecule has 0 saturated carbocycles. The maximum Gasteiger partial charge on any atom is 0.262 e. The van der Waals surface area contributed by atoms with Gasteiger partial charge in [-0.3, -0.25) is 19.4 Å². The lowest BCUT2D eigenvalue weighted by Crippen LogP contribution is -2.43. The number of nitrogens with two attached hydrogens (primary N) is 1. The number of aromatic hydroxyl groups is 1. The summed E-state index contributed by atoms with van der Waals surface area (Å²) in [4.78, 5) is 42.6. The predicted octanol–water partition coefficient (Wildman–Crippen LogP) is 9.31. The number of sulfone groups is 1. The molecule has 0 fully saturated rings. The van der Waals surface area contributed by atoms with Crippen molar-refractivity contribution in [3.63, 3.8) is 0 Å². The van der Waals surface area contributed by atoms with Crippen LogP contribution < -0.4 is 36.5 Å². The molecule has 70 heavy (non-hydrogen) atoms. The monoisotopic (exact) mass is 982 g/mol. The van der Waals surface area contributed by atoms with Gasteiger partial charge < -0.3 is 46.0 Å². The van der Waals surface area contributed by atoms with E-state index < -0.39 is 36.1 Å². The average Bonchev–Trinajstić information content (AvgIpc) is 3.31. The molecule has 0 bridgehead atoms. The molecule has 1 aliphatic heterocycles. The van der Waals surface area contributed by atoms with Crippen molar-refractivity contribution in [1.82, 2.24) is 10.3 Å². The largest absolute Gasteiger partial charge is 0.506 e. The van der Waals surface area contributed by atoms with E-state index in [1.807, 2.05) is 19.1 Å². The van der Waals surface area contributed by atoms with Gasteiger partial charge in [-0.05, 0) is 129 Å². The molecule has 15 nitrogen and oxygen atoms in total. The number of rotatable bonds is 16. The van der Waals surface area contributed by atoms with Crippen molar-refractivity contribution in [2.75, 3.05) is 42.8 Å². The van der Waals surface area contributed by atoms with Gasteiger partial charge in [-0.1, -0.05) is 44.7 Å². The lowest BCUT2D eigenvalue weighted by atomic mass is 10.0. The van der Waals surface area contributed by atoms with Gasteiger partial charge >= 0.3 is 0 Å². The van der Waals surface area contributed by atoms with Crippen LogP contribution in [-0.2, 0) is 19.1 Å². The van der Waals surface area contributed by atoms with Gasteiger partial charge in [-0.15, -0.1) is 0 Å². The van der Waals surface area contributed by atoms with Crippen molar-refractivity contribution in [3.8, 4) is 29.1 Å². The molecule has 7 rings (SSSR count). The van der Waals surface area contributed by atoms with Crippen molar-refractivity contribution in [3.05, 3.63) is 131 Å². The molecule has 2 heterocycles. The highest BCUT2D eigenvalue weighted by Gasteiger charge is 2.40. The molecular formula is C53H58N6O9SSi. The molecule has 1 aromatic heterocycles. The fourth-order valence-electron chi connectivity index (χ4n) is 7.66. The zero-order valence-electron chi connectivity index (χ0n) is 40.5. The van der Waals surface area contributed by atoms with E-state index >= 15 is 0 Å². The molecule has 1 atom stereocenters. The number of fused-ring (bicyclic) bond motifs is 2. The maximum atomic E-state index is 14.3. The van der Waals surface area contributed by atoms with E-state index in [2.05, 4.69) is 72.0 Å². The number of unbranched alkanes of at least 4 members (excludes halogenated alkanes) is 1. The van der Waals surface area contributed by atoms with Gasteiger partial charge in [0.2, 0.25) is 9.84 Å². The Morgan fingerprint density at radius 1 is 0.986 bits per heavy atom. The van der Waals surface area contributed by atoms with Crippen molar-refractivity contribution in [2.45, 2.75) is 81.5 Å². The van der Waals surface area contributed by atoms with Crippen LogP contribution in [0.4, 0.5) is 22.7 Å². The molecular weight excluding hydrogens is 925 g/mol. The Morgan fingerprint density at radius 3 is 2.49 bits per heavy atom. The number of hydrogen-bond donors (Lipinski definition) is 6. The number of pyridine rings is 1. The molecule has 1 unspecified atom stereocenters. The highest BCUT2D eigenvalue weighted by molar-refractivity contribution is 7.91. The molecule has 0 saturated heterocycles. The molecule has 7 N–H and O–H groups in total. The van der Waals surface area contributed by atoms with Gasteiger partial charge in [0.1, 0.15) is 17.2 Å². The third kappa shape index (κ3) is 11.3. The van der Waals surface area contributed by atoms with Gasteiger partial charge in [0.05, 0.1) is 39.8 Å². The zero-order valence-corrected chi connectivity index (χ0v) is 42.3. The summed E-state index contributed by atoms with van der Waals surface area (Å²) in [6.45, 7) is 15.5. The standard InChI is InChI=1S/C53H58N6O9SSi/c1-32-24-34(14-10-9-11-23-55-30-45(68-70(7,8)53(3,4)5)40-20-22-44(60)49-50(40)67-31-46(61)59-49)19-21-43(32)58-52(63)35-15-12-18-38(26-35)69(64,65)39-25-33(2)47-41(28-39)48(42(29-56-47)51(54)62)57-36-16-13-17-37(27-36)66-6/h12-13,15-22,24-29,45,55,60H,9,11,23,30-31H2,1-8H3,(H2,54,62)(H,56,57)(H,58,63)(H,59,61). The first-order chi connectivity index (χ1) is 33.2. The molecule has 0 spiro atoms. The lowest BCUT2D eigenvalue weighted by molar-refractivity contribution is -0.118. The topological polar surface area (TPSA) is 220 Å². The van der Waals surface area contributed by atoms with E-state index in [1.165, 1.54) is 43.6 Å². The fourth-order valence-corrected chi connectivity index (χ4v) is 10.4. The summed E-state index contributed by atoms with van der Waals surface area (Å²) in [5, 5.41) is 23.1. The van der Waals surface area contributed by atoms with E-state index in [0.717, 1.165) is 23.1 Å².